The molecule has 2 rings (SSSR count). The number of aryl methyl sites for hydroxylation is 1. The minimum absolute atomic E-state index is 0.202. The predicted octanol–water partition coefficient (Wildman–Crippen LogP) is 2.18. The molecule has 0 aliphatic carbocycles. The van der Waals surface area contributed by atoms with Crippen LogP contribution in [0.2, 0.25) is 0 Å². The Morgan fingerprint density at radius 2 is 1.89 bits per heavy atom. The van der Waals surface area contributed by atoms with Crippen molar-refractivity contribution in [2.45, 2.75) is 37.7 Å². The second kappa shape index (κ2) is 6.03. The van der Waals surface area contributed by atoms with Gasteiger partial charge in [0.15, 0.2) is 0 Å². The average Bonchev–Trinajstić information content (AvgIpc) is 2.40. The van der Waals surface area contributed by atoms with Crippen LogP contribution in [0.3, 0.4) is 0 Å². The summed E-state index contributed by atoms with van der Waals surface area (Å²) in [7, 11) is -3.35. The van der Waals surface area contributed by atoms with Gasteiger partial charge in [0.1, 0.15) is 0 Å². The van der Waals surface area contributed by atoms with Crippen molar-refractivity contribution < 1.29 is 13.2 Å². The molecule has 5 heteroatoms. The number of benzene rings is 1. The fourth-order valence-corrected chi connectivity index (χ4v) is 4.15. The topological polar surface area (TPSA) is 46.6 Å². The Balaban J connectivity index is 2.12. The molecule has 1 aromatic carbocycles. The first kappa shape index (κ1) is 14.5. The third-order valence-electron chi connectivity index (χ3n) is 3.51. The third-order valence-corrected chi connectivity index (χ3v) is 5.57. The van der Waals surface area contributed by atoms with Crippen molar-refractivity contribution in [3.8, 4) is 0 Å². The van der Waals surface area contributed by atoms with Crippen LogP contribution in [0.25, 0.3) is 0 Å². The number of ether oxygens (including phenoxy) is 1. The normalized spacial score (nSPS) is 18.6. The quantitative estimate of drug-likeness (QED) is 0.851. The van der Waals surface area contributed by atoms with Crippen LogP contribution < -0.4 is 0 Å². The second-order valence-electron chi connectivity index (χ2n) is 4.82. The molecule has 0 spiro atoms. The molecule has 0 radical (unpaired) electrons. The van der Waals surface area contributed by atoms with E-state index in [2.05, 4.69) is 0 Å². The molecule has 0 aromatic heterocycles. The van der Waals surface area contributed by atoms with Crippen molar-refractivity contribution in [2.24, 2.45) is 0 Å². The lowest BCUT2D eigenvalue weighted by Crippen LogP contribution is -2.41. The number of sulfonamides is 1. The Hall–Kier alpha value is -0.910. The molecule has 0 unspecified atom stereocenters. The zero-order valence-corrected chi connectivity index (χ0v) is 12.3. The fraction of sp³-hybridized carbons (Fsp3) is 0.571. The lowest BCUT2D eigenvalue weighted by atomic mass is 10.1. The van der Waals surface area contributed by atoms with Crippen molar-refractivity contribution in [1.82, 2.24) is 4.31 Å². The first-order valence-corrected chi connectivity index (χ1v) is 8.17. The van der Waals surface area contributed by atoms with Crippen LogP contribution in [-0.4, -0.2) is 38.5 Å². The molecular formula is C14H21NO3S. The van der Waals surface area contributed by atoms with Crippen molar-refractivity contribution in [1.29, 1.82) is 0 Å². The number of nitrogens with zero attached hydrogens (tertiary/aromatic N) is 1. The largest absolute Gasteiger partial charge is 0.378 e. The number of hydrogen-bond acceptors (Lipinski definition) is 3. The first-order chi connectivity index (χ1) is 9.05. The lowest BCUT2D eigenvalue weighted by Gasteiger charge is -2.31. The van der Waals surface area contributed by atoms with Gasteiger partial charge in [-0.2, -0.15) is 4.31 Å². The molecule has 1 aromatic rings. The van der Waals surface area contributed by atoms with Crippen molar-refractivity contribution >= 4 is 10.0 Å². The molecule has 1 heterocycles. The summed E-state index contributed by atoms with van der Waals surface area (Å²) in [5.74, 6) is 0. The van der Waals surface area contributed by atoms with E-state index >= 15 is 0 Å². The molecule has 4 nitrogen and oxygen atoms in total. The van der Waals surface area contributed by atoms with Crippen LogP contribution in [-0.2, 0) is 14.8 Å². The zero-order chi connectivity index (χ0) is 13.9. The summed E-state index contributed by atoms with van der Waals surface area (Å²) in [6, 6.07) is 7.14. The molecule has 1 aliphatic heterocycles. The Morgan fingerprint density at radius 3 is 2.47 bits per heavy atom. The molecule has 0 N–H and O–H groups in total. The van der Waals surface area contributed by atoms with Crippen molar-refractivity contribution in [2.75, 3.05) is 19.7 Å². The van der Waals surface area contributed by atoms with E-state index in [9.17, 15) is 8.42 Å². The van der Waals surface area contributed by atoms with Crippen molar-refractivity contribution in [3.05, 3.63) is 29.8 Å². The van der Waals surface area contributed by atoms with Gasteiger partial charge in [0.25, 0.3) is 0 Å². The first-order valence-electron chi connectivity index (χ1n) is 6.73. The van der Waals surface area contributed by atoms with Gasteiger partial charge in [0.05, 0.1) is 11.0 Å². The van der Waals surface area contributed by atoms with Crippen LogP contribution in [0.5, 0.6) is 0 Å². The van der Waals surface area contributed by atoms with Gasteiger partial charge in [-0.15, -0.1) is 0 Å². The molecule has 19 heavy (non-hydrogen) atoms. The van der Waals surface area contributed by atoms with Gasteiger partial charge in [-0.05, 0) is 38.3 Å². The van der Waals surface area contributed by atoms with E-state index in [0.717, 1.165) is 18.4 Å². The van der Waals surface area contributed by atoms with Crippen LogP contribution in [0.4, 0.5) is 0 Å². The Labute approximate surface area is 115 Å². The van der Waals surface area contributed by atoms with Crippen LogP contribution >= 0.6 is 0 Å². The van der Waals surface area contributed by atoms with E-state index in [4.69, 9.17) is 4.74 Å². The molecule has 0 atom stereocenters. The summed E-state index contributed by atoms with van der Waals surface area (Å²) in [6.45, 7) is 5.58. The minimum Gasteiger partial charge on any atom is -0.378 e. The van der Waals surface area contributed by atoms with E-state index in [-0.39, 0.29) is 6.10 Å². The summed E-state index contributed by atoms with van der Waals surface area (Å²) in [5.41, 5.74) is 0.800. The average molecular weight is 283 g/mol. The van der Waals surface area contributed by atoms with Gasteiger partial charge in [0, 0.05) is 19.7 Å². The standard InChI is InChI=1S/C14H21NO3S/c1-3-18-13-8-10-15(11-9-13)19(16,17)14-7-5-4-6-12(14)2/h4-7,13H,3,8-11H2,1-2H3. The Bertz CT molecular complexity index is 519. The molecular weight excluding hydrogens is 262 g/mol. The maximum Gasteiger partial charge on any atom is 0.243 e. The highest BCUT2D eigenvalue weighted by Gasteiger charge is 2.30. The van der Waals surface area contributed by atoms with Gasteiger partial charge in [-0.1, -0.05) is 18.2 Å². The van der Waals surface area contributed by atoms with Gasteiger partial charge in [-0.3, -0.25) is 0 Å². The summed E-state index contributed by atoms with van der Waals surface area (Å²) in [4.78, 5) is 0.421. The van der Waals surface area contributed by atoms with Crippen LogP contribution in [0.1, 0.15) is 25.3 Å². The van der Waals surface area contributed by atoms with E-state index in [0.29, 0.717) is 24.6 Å². The number of hydrogen-bond donors (Lipinski definition) is 0. The van der Waals surface area contributed by atoms with Gasteiger partial charge < -0.3 is 4.74 Å². The highest BCUT2D eigenvalue weighted by Crippen LogP contribution is 2.23. The molecule has 0 amide bonds. The fourth-order valence-electron chi connectivity index (χ4n) is 2.46. The van der Waals surface area contributed by atoms with Crippen molar-refractivity contribution in [3.63, 3.8) is 0 Å². The maximum atomic E-state index is 12.6. The molecule has 106 valence electrons. The monoisotopic (exact) mass is 283 g/mol. The molecule has 1 aliphatic rings. The van der Waals surface area contributed by atoms with Gasteiger partial charge >= 0.3 is 0 Å². The molecule has 0 bridgehead atoms. The third kappa shape index (κ3) is 3.16. The summed E-state index contributed by atoms with van der Waals surface area (Å²) < 4.78 is 32.2. The van der Waals surface area contributed by atoms with Crippen LogP contribution in [0.15, 0.2) is 29.2 Å². The minimum atomic E-state index is -3.35. The summed E-state index contributed by atoms with van der Waals surface area (Å²) >= 11 is 0. The lowest BCUT2D eigenvalue weighted by molar-refractivity contribution is 0.0290. The van der Waals surface area contributed by atoms with E-state index in [1.54, 1.807) is 16.4 Å². The predicted molar refractivity (Wildman–Crippen MR) is 74.6 cm³/mol. The van der Waals surface area contributed by atoms with Crippen LogP contribution in [0, 0.1) is 6.92 Å². The maximum absolute atomic E-state index is 12.6. The molecule has 1 saturated heterocycles. The van der Waals surface area contributed by atoms with Gasteiger partial charge in [0.2, 0.25) is 10.0 Å². The number of rotatable bonds is 4. The highest BCUT2D eigenvalue weighted by molar-refractivity contribution is 7.89. The molecule has 1 fully saturated rings. The highest BCUT2D eigenvalue weighted by atomic mass is 32.2. The Morgan fingerprint density at radius 1 is 1.26 bits per heavy atom. The van der Waals surface area contributed by atoms with E-state index in [1.165, 1.54) is 0 Å². The summed E-state index contributed by atoms with van der Waals surface area (Å²) in [5, 5.41) is 0. The van der Waals surface area contributed by atoms with E-state index in [1.807, 2.05) is 26.0 Å². The smallest absolute Gasteiger partial charge is 0.243 e. The SMILES string of the molecule is CCOC1CCN(S(=O)(=O)c2ccccc2C)CC1. The van der Waals surface area contributed by atoms with E-state index < -0.39 is 10.0 Å². The zero-order valence-electron chi connectivity index (χ0n) is 11.5. The molecule has 0 saturated carbocycles. The van der Waals surface area contributed by atoms with Gasteiger partial charge in [-0.25, -0.2) is 8.42 Å². The summed E-state index contributed by atoms with van der Waals surface area (Å²) in [6.07, 6.45) is 1.76. The number of piperidine rings is 1. The Kier molecular flexibility index (Phi) is 4.60. The second-order valence-corrected chi connectivity index (χ2v) is 6.73.